The molecule has 1 atom stereocenters. The van der Waals surface area contributed by atoms with Crippen LogP contribution in [0.25, 0.3) is 0 Å². The molecule has 1 nitrogen and oxygen atoms in total. The molecule has 0 saturated carbocycles. The van der Waals surface area contributed by atoms with Gasteiger partial charge in [-0.25, -0.2) is 4.39 Å². The second-order valence-corrected chi connectivity index (χ2v) is 5.28. The lowest BCUT2D eigenvalue weighted by Crippen LogP contribution is -2.14. The minimum absolute atomic E-state index is 0.0908. The highest BCUT2D eigenvalue weighted by atomic mass is 35.5. The van der Waals surface area contributed by atoms with Gasteiger partial charge in [-0.2, -0.15) is 0 Å². The Morgan fingerprint density at radius 2 is 1.68 bits per heavy atom. The van der Waals surface area contributed by atoms with Crippen molar-refractivity contribution in [1.29, 1.82) is 0 Å². The first-order valence-corrected chi connectivity index (χ1v) is 6.66. The minimum atomic E-state index is -0.584. The van der Waals surface area contributed by atoms with E-state index in [0.29, 0.717) is 17.9 Å². The molecule has 1 unspecified atom stereocenters. The number of hydrogen-bond acceptors (Lipinski definition) is 1. The summed E-state index contributed by atoms with van der Waals surface area (Å²) in [5.74, 6) is -0.464. The average Bonchev–Trinajstić information content (AvgIpc) is 2.34. The molecule has 0 bridgehead atoms. The summed E-state index contributed by atoms with van der Waals surface area (Å²) in [7, 11) is 0. The maximum absolute atomic E-state index is 13.3. The first-order chi connectivity index (χ1) is 9.04. The number of aliphatic hydroxyl groups is 1. The summed E-state index contributed by atoms with van der Waals surface area (Å²) in [5.41, 5.74) is 1.67. The number of hydrogen-bond donors (Lipinski definition) is 1. The van der Waals surface area contributed by atoms with E-state index in [1.165, 1.54) is 12.1 Å². The van der Waals surface area contributed by atoms with Crippen LogP contribution in [0.5, 0.6) is 0 Å². The van der Waals surface area contributed by atoms with Crippen LogP contribution in [0.3, 0.4) is 0 Å². The summed E-state index contributed by atoms with van der Waals surface area (Å²) < 4.78 is 13.3. The normalized spacial score (nSPS) is 12.4. The van der Waals surface area contributed by atoms with Crippen LogP contribution < -0.4 is 0 Å². The Labute approximate surface area is 121 Å². The summed E-state index contributed by atoms with van der Waals surface area (Å²) in [5, 5.41) is 10.7. The zero-order valence-corrected chi connectivity index (χ0v) is 11.6. The Hall–Kier alpha value is -1.09. The Balaban J connectivity index is 2.01. The van der Waals surface area contributed by atoms with Crippen LogP contribution in [0.15, 0.2) is 42.5 Å². The zero-order chi connectivity index (χ0) is 13.8. The van der Waals surface area contributed by atoms with E-state index in [1.807, 2.05) is 18.2 Å². The Bertz CT molecular complexity index is 572. The summed E-state index contributed by atoms with van der Waals surface area (Å²) in [6.45, 7) is 0. The monoisotopic (exact) mass is 298 g/mol. The van der Waals surface area contributed by atoms with E-state index in [-0.39, 0.29) is 5.02 Å². The van der Waals surface area contributed by atoms with Crippen molar-refractivity contribution in [2.75, 3.05) is 0 Å². The first-order valence-electron chi connectivity index (χ1n) is 5.91. The van der Waals surface area contributed by atoms with Gasteiger partial charge in [-0.1, -0.05) is 41.4 Å². The van der Waals surface area contributed by atoms with Gasteiger partial charge in [-0.3, -0.25) is 0 Å². The number of benzene rings is 2. The molecule has 100 valence electrons. The molecule has 0 radical (unpaired) electrons. The van der Waals surface area contributed by atoms with Crippen LogP contribution in [-0.4, -0.2) is 11.2 Å². The second-order valence-electron chi connectivity index (χ2n) is 4.44. The molecule has 2 aromatic carbocycles. The lowest BCUT2D eigenvalue weighted by atomic mass is 10.0. The maximum Gasteiger partial charge on any atom is 0.142 e. The van der Waals surface area contributed by atoms with Crippen molar-refractivity contribution in [3.63, 3.8) is 0 Å². The molecule has 0 heterocycles. The van der Waals surface area contributed by atoms with Gasteiger partial charge in [0.05, 0.1) is 11.1 Å². The molecular formula is C15H13Cl2FO. The predicted molar refractivity (Wildman–Crippen MR) is 76.3 cm³/mol. The van der Waals surface area contributed by atoms with Crippen LogP contribution in [0.4, 0.5) is 4.39 Å². The van der Waals surface area contributed by atoms with Crippen molar-refractivity contribution in [3.05, 3.63) is 69.5 Å². The van der Waals surface area contributed by atoms with Gasteiger partial charge in [0.2, 0.25) is 0 Å². The fourth-order valence-corrected chi connectivity index (χ4v) is 2.28. The molecule has 4 heteroatoms. The van der Waals surface area contributed by atoms with Gasteiger partial charge in [-0.15, -0.1) is 0 Å². The molecule has 0 spiro atoms. The third-order valence-electron chi connectivity index (χ3n) is 2.82. The zero-order valence-electron chi connectivity index (χ0n) is 10.1. The fraction of sp³-hybridized carbons (Fsp3) is 0.200. The molecule has 0 aliphatic rings. The molecule has 2 rings (SSSR count). The van der Waals surface area contributed by atoms with E-state index in [4.69, 9.17) is 23.2 Å². The molecule has 19 heavy (non-hydrogen) atoms. The minimum Gasteiger partial charge on any atom is -0.392 e. The van der Waals surface area contributed by atoms with E-state index in [0.717, 1.165) is 11.1 Å². The van der Waals surface area contributed by atoms with Crippen molar-refractivity contribution in [2.24, 2.45) is 0 Å². The van der Waals surface area contributed by atoms with Crippen molar-refractivity contribution < 1.29 is 9.50 Å². The van der Waals surface area contributed by atoms with Gasteiger partial charge in [0.1, 0.15) is 5.82 Å². The summed E-state index contributed by atoms with van der Waals surface area (Å²) in [4.78, 5) is 0. The Kier molecular flexibility index (Phi) is 4.81. The molecule has 0 aliphatic carbocycles. The van der Waals surface area contributed by atoms with Crippen molar-refractivity contribution in [1.82, 2.24) is 0 Å². The van der Waals surface area contributed by atoms with E-state index in [2.05, 4.69) is 0 Å². The van der Waals surface area contributed by atoms with Crippen LogP contribution >= 0.6 is 23.2 Å². The van der Waals surface area contributed by atoms with Crippen LogP contribution in [0, 0.1) is 5.82 Å². The average molecular weight is 299 g/mol. The van der Waals surface area contributed by atoms with Crippen molar-refractivity contribution >= 4 is 23.2 Å². The smallest absolute Gasteiger partial charge is 0.142 e. The number of aliphatic hydroxyl groups excluding tert-OH is 1. The molecule has 0 aromatic heterocycles. The van der Waals surface area contributed by atoms with Crippen LogP contribution in [-0.2, 0) is 12.8 Å². The van der Waals surface area contributed by atoms with E-state index in [9.17, 15) is 9.50 Å². The van der Waals surface area contributed by atoms with Crippen LogP contribution in [0.1, 0.15) is 11.1 Å². The Morgan fingerprint density at radius 1 is 1.00 bits per heavy atom. The van der Waals surface area contributed by atoms with Gasteiger partial charge in [0.25, 0.3) is 0 Å². The standard InChI is InChI=1S/C15H13Cl2FO/c16-12-3-1-2-10(6-12)7-13(19)8-11-4-5-14(17)15(18)9-11/h1-6,9,13,19H,7-8H2. The quantitative estimate of drug-likeness (QED) is 0.893. The highest BCUT2D eigenvalue weighted by molar-refractivity contribution is 6.30. The number of halogens is 3. The van der Waals surface area contributed by atoms with E-state index >= 15 is 0 Å². The van der Waals surface area contributed by atoms with Gasteiger partial charge in [0, 0.05) is 5.02 Å². The van der Waals surface area contributed by atoms with E-state index < -0.39 is 11.9 Å². The molecule has 0 amide bonds. The summed E-state index contributed by atoms with van der Waals surface area (Å²) in [6, 6.07) is 11.9. The molecule has 2 aromatic rings. The first kappa shape index (κ1) is 14.3. The van der Waals surface area contributed by atoms with E-state index in [1.54, 1.807) is 12.1 Å². The van der Waals surface area contributed by atoms with Gasteiger partial charge >= 0.3 is 0 Å². The molecular weight excluding hydrogens is 286 g/mol. The molecule has 0 aliphatic heterocycles. The highest BCUT2D eigenvalue weighted by Crippen LogP contribution is 2.18. The number of rotatable bonds is 4. The van der Waals surface area contributed by atoms with Gasteiger partial charge < -0.3 is 5.11 Å². The highest BCUT2D eigenvalue weighted by Gasteiger charge is 2.09. The summed E-state index contributed by atoms with van der Waals surface area (Å²) >= 11 is 11.5. The maximum atomic E-state index is 13.3. The molecule has 0 saturated heterocycles. The third kappa shape index (κ3) is 4.20. The molecule has 0 fully saturated rings. The van der Waals surface area contributed by atoms with Crippen LogP contribution in [0.2, 0.25) is 10.0 Å². The summed E-state index contributed by atoms with van der Waals surface area (Å²) in [6.07, 6.45) is 0.268. The SMILES string of the molecule is OC(Cc1cccc(Cl)c1)Cc1ccc(Cl)c(F)c1. The Morgan fingerprint density at radius 3 is 2.32 bits per heavy atom. The van der Waals surface area contributed by atoms with Gasteiger partial charge in [-0.05, 0) is 48.2 Å². The van der Waals surface area contributed by atoms with Crippen molar-refractivity contribution in [2.45, 2.75) is 18.9 Å². The molecule has 1 N–H and O–H groups in total. The van der Waals surface area contributed by atoms with Gasteiger partial charge in [0.15, 0.2) is 0 Å². The fourth-order valence-electron chi connectivity index (χ4n) is 1.95. The lowest BCUT2D eigenvalue weighted by Gasteiger charge is -2.11. The predicted octanol–water partition coefficient (Wildman–Crippen LogP) is 4.28. The second kappa shape index (κ2) is 6.38. The lowest BCUT2D eigenvalue weighted by molar-refractivity contribution is 0.175. The largest absolute Gasteiger partial charge is 0.392 e. The van der Waals surface area contributed by atoms with Crippen molar-refractivity contribution in [3.8, 4) is 0 Å². The third-order valence-corrected chi connectivity index (χ3v) is 3.36. The topological polar surface area (TPSA) is 20.2 Å².